The Morgan fingerprint density at radius 2 is 2.15 bits per heavy atom. The number of nitrogens with one attached hydrogen (secondary N) is 1. The van der Waals surface area contributed by atoms with Gasteiger partial charge in [-0.2, -0.15) is 0 Å². The molecule has 0 unspecified atom stereocenters. The average molecular weight is 298 g/mol. The summed E-state index contributed by atoms with van der Waals surface area (Å²) in [6.45, 7) is 7.43. The lowest BCUT2D eigenvalue weighted by Gasteiger charge is -2.38. The molecule has 1 aromatic rings. The fourth-order valence-electron chi connectivity index (χ4n) is 2.42. The van der Waals surface area contributed by atoms with Gasteiger partial charge in [-0.05, 0) is 32.9 Å². The molecule has 1 saturated heterocycles. The number of halogens is 1. The predicted molar refractivity (Wildman–Crippen MR) is 78.9 cm³/mol. The highest BCUT2D eigenvalue weighted by Gasteiger charge is 2.29. The molecule has 2 rings (SSSR count). The van der Waals surface area contributed by atoms with Crippen LogP contribution in [0, 0.1) is 0 Å². The number of carbonyl (C=O) groups is 1. The Kier molecular flexibility index (Phi) is 4.96. The summed E-state index contributed by atoms with van der Waals surface area (Å²) >= 11 is 5.95. The Bertz CT molecular complexity index is 473. The minimum absolute atomic E-state index is 0.0822. The first-order chi connectivity index (χ1) is 9.47. The van der Waals surface area contributed by atoms with Crippen LogP contribution in [-0.4, -0.2) is 47.1 Å². The van der Waals surface area contributed by atoms with Crippen LogP contribution < -0.4 is 5.32 Å². The molecule has 20 heavy (non-hydrogen) atoms. The Balaban J connectivity index is 2.00. The fraction of sp³-hybridized carbons (Fsp3) is 0.571. The maximum Gasteiger partial charge on any atom is 0.241 e. The molecule has 0 aliphatic carbocycles. The van der Waals surface area contributed by atoms with E-state index in [1.165, 1.54) is 0 Å². The van der Waals surface area contributed by atoms with Gasteiger partial charge in [-0.15, -0.1) is 0 Å². The molecule has 0 spiro atoms. The molecule has 1 aliphatic rings. The monoisotopic (exact) mass is 297 g/mol. The Hall–Kier alpha value is -1.17. The molecule has 1 N–H and O–H groups in total. The lowest BCUT2D eigenvalue weighted by molar-refractivity contribution is -0.126. The van der Waals surface area contributed by atoms with E-state index < -0.39 is 0 Å². The van der Waals surface area contributed by atoms with Gasteiger partial charge in [0.1, 0.15) is 0 Å². The van der Waals surface area contributed by atoms with Gasteiger partial charge in [0.25, 0.3) is 0 Å². The Labute approximate surface area is 124 Å². The van der Waals surface area contributed by atoms with E-state index in [1.54, 1.807) is 18.3 Å². The number of pyridine rings is 1. The Morgan fingerprint density at radius 3 is 2.75 bits per heavy atom. The van der Waals surface area contributed by atoms with Crippen LogP contribution in [0.25, 0.3) is 0 Å². The van der Waals surface area contributed by atoms with Crippen molar-refractivity contribution >= 4 is 23.2 Å². The minimum Gasteiger partial charge on any atom is -0.373 e. The van der Waals surface area contributed by atoms with Crippen LogP contribution in [0.15, 0.2) is 18.3 Å². The molecule has 3 atom stereocenters. The first kappa shape index (κ1) is 15.2. The summed E-state index contributed by atoms with van der Waals surface area (Å²) < 4.78 is 5.68. The second-order valence-electron chi connectivity index (χ2n) is 5.22. The van der Waals surface area contributed by atoms with Crippen molar-refractivity contribution in [3.05, 3.63) is 23.5 Å². The van der Waals surface area contributed by atoms with E-state index in [0.29, 0.717) is 10.8 Å². The van der Waals surface area contributed by atoms with Crippen molar-refractivity contribution in [1.82, 2.24) is 9.88 Å². The van der Waals surface area contributed by atoms with Crippen LogP contribution in [0.3, 0.4) is 0 Å². The first-order valence-electron chi connectivity index (χ1n) is 6.78. The third-order valence-corrected chi connectivity index (χ3v) is 3.69. The molecule has 0 saturated carbocycles. The second-order valence-corrected chi connectivity index (χ2v) is 5.58. The highest BCUT2D eigenvalue weighted by Crippen LogP contribution is 2.19. The van der Waals surface area contributed by atoms with Gasteiger partial charge in [-0.3, -0.25) is 9.69 Å². The van der Waals surface area contributed by atoms with Crippen LogP contribution in [0.2, 0.25) is 5.15 Å². The van der Waals surface area contributed by atoms with Crippen molar-refractivity contribution in [2.24, 2.45) is 0 Å². The summed E-state index contributed by atoms with van der Waals surface area (Å²) in [5.41, 5.74) is 0.542. The summed E-state index contributed by atoms with van der Waals surface area (Å²) in [7, 11) is 0. The third kappa shape index (κ3) is 3.69. The zero-order chi connectivity index (χ0) is 14.7. The molecular formula is C14H20ClN3O2. The van der Waals surface area contributed by atoms with Crippen molar-refractivity contribution in [2.75, 3.05) is 18.4 Å². The molecule has 1 fully saturated rings. The van der Waals surface area contributed by atoms with Crippen LogP contribution >= 0.6 is 11.6 Å². The number of hydrogen-bond acceptors (Lipinski definition) is 4. The number of nitrogens with zero attached hydrogens (tertiary/aromatic N) is 2. The van der Waals surface area contributed by atoms with Crippen LogP contribution in [0.5, 0.6) is 0 Å². The lowest BCUT2D eigenvalue weighted by Crippen LogP contribution is -2.52. The van der Waals surface area contributed by atoms with E-state index in [2.05, 4.69) is 15.2 Å². The van der Waals surface area contributed by atoms with Gasteiger partial charge in [-0.25, -0.2) is 4.98 Å². The maximum absolute atomic E-state index is 12.3. The number of ether oxygens (including phenoxy) is 1. The average Bonchev–Trinajstić information content (AvgIpc) is 2.39. The topological polar surface area (TPSA) is 54.5 Å². The van der Waals surface area contributed by atoms with Gasteiger partial charge < -0.3 is 10.1 Å². The molecule has 2 heterocycles. The smallest absolute Gasteiger partial charge is 0.241 e. The quantitative estimate of drug-likeness (QED) is 0.869. The molecule has 1 amide bonds. The highest BCUT2D eigenvalue weighted by molar-refractivity contribution is 6.32. The van der Waals surface area contributed by atoms with Crippen molar-refractivity contribution in [2.45, 2.75) is 39.0 Å². The maximum atomic E-state index is 12.3. The normalized spacial score (nSPS) is 25.2. The highest BCUT2D eigenvalue weighted by atomic mass is 35.5. The van der Waals surface area contributed by atoms with Crippen molar-refractivity contribution in [3.63, 3.8) is 0 Å². The number of carbonyl (C=O) groups excluding carboxylic acids is 1. The van der Waals surface area contributed by atoms with E-state index in [4.69, 9.17) is 16.3 Å². The fourth-order valence-corrected chi connectivity index (χ4v) is 2.58. The summed E-state index contributed by atoms with van der Waals surface area (Å²) in [5.74, 6) is -0.0822. The second kappa shape index (κ2) is 6.52. The molecule has 110 valence electrons. The van der Waals surface area contributed by atoms with Gasteiger partial charge in [0.15, 0.2) is 5.15 Å². The van der Waals surface area contributed by atoms with E-state index in [0.717, 1.165) is 13.1 Å². The lowest BCUT2D eigenvalue weighted by atomic mass is 10.1. The van der Waals surface area contributed by atoms with Gasteiger partial charge in [-0.1, -0.05) is 11.6 Å². The van der Waals surface area contributed by atoms with Crippen molar-refractivity contribution in [3.8, 4) is 0 Å². The van der Waals surface area contributed by atoms with Crippen LogP contribution in [0.4, 0.5) is 5.69 Å². The number of morpholine rings is 1. The number of hydrogen-bond donors (Lipinski definition) is 1. The van der Waals surface area contributed by atoms with Gasteiger partial charge >= 0.3 is 0 Å². The van der Waals surface area contributed by atoms with Gasteiger partial charge in [0.05, 0.1) is 23.9 Å². The number of amides is 1. The minimum atomic E-state index is -0.236. The molecule has 5 nitrogen and oxygen atoms in total. The van der Waals surface area contributed by atoms with Gasteiger partial charge in [0.2, 0.25) is 5.91 Å². The van der Waals surface area contributed by atoms with Crippen LogP contribution in [-0.2, 0) is 9.53 Å². The molecule has 6 heteroatoms. The summed E-state index contributed by atoms with van der Waals surface area (Å²) in [6, 6.07) is 3.25. The van der Waals surface area contributed by atoms with E-state index in [9.17, 15) is 4.79 Å². The largest absolute Gasteiger partial charge is 0.373 e. The van der Waals surface area contributed by atoms with Crippen LogP contribution in [0.1, 0.15) is 20.8 Å². The standard InChI is InChI=1S/C14H20ClN3O2/c1-9-7-18(8-10(2)20-9)11(3)14(19)17-12-5-4-6-16-13(12)15/h4-6,9-11H,7-8H2,1-3H3,(H,17,19)/t9-,10-,11-/m1/s1. The third-order valence-electron chi connectivity index (χ3n) is 3.39. The van der Waals surface area contributed by atoms with E-state index >= 15 is 0 Å². The summed E-state index contributed by atoms with van der Waals surface area (Å²) in [4.78, 5) is 18.4. The van der Waals surface area contributed by atoms with E-state index in [-0.39, 0.29) is 24.2 Å². The first-order valence-corrected chi connectivity index (χ1v) is 7.16. The molecule has 0 aromatic carbocycles. The molecule has 0 bridgehead atoms. The van der Waals surface area contributed by atoms with E-state index in [1.807, 2.05) is 20.8 Å². The number of anilines is 1. The zero-order valence-corrected chi connectivity index (χ0v) is 12.7. The SMILES string of the molecule is C[C@@H]1CN([C@H](C)C(=O)Nc2cccnc2Cl)C[C@@H](C)O1. The summed E-state index contributed by atoms with van der Waals surface area (Å²) in [6.07, 6.45) is 1.86. The molecular weight excluding hydrogens is 278 g/mol. The number of aromatic nitrogens is 1. The zero-order valence-electron chi connectivity index (χ0n) is 12.0. The van der Waals surface area contributed by atoms with Crippen molar-refractivity contribution < 1.29 is 9.53 Å². The van der Waals surface area contributed by atoms with Gasteiger partial charge in [0, 0.05) is 19.3 Å². The Morgan fingerprint density at radius 1 is 1.50 bits per heavy atom. The predicted octanol–water partition coefficient (Wildman–Crippen LogP) is 2.17. The molecule has 0 radical (unpaired) electrons. The molecule has 1 aromatic heterocycles. The molecule has 1 aliphatic heterocycles. The van der Waals surface area contributed by atoms with Crippen molar-refractivity contribution in [1.29, 1.82) is 0 Å². The summed E-state index contributed by atoms with van der Waals surface area (Å²) in [5, 5.41) is 3.12. The number of rotatable bonds is 3.